The number of nitrogens with zero attached hydrogens (tertiary/aromatic N) is 2. The van der Waals surface area contributed by atoms with Gasteiger partial charge in [-0.3, -0.25) is 4.79 Å². The molecule has 0 aromatic heterocycles. The maximum absolute atomic E-state index is 12.8. The number of piperidine rings is 1. The number of amides is 1. The van der Waals surface area contributed by atoms with Crippen molar-refractivity contribution in [2.45, 2.75) is 38.0 Å². The van der Waals surface area contributed by atoms with E-state index in [9.17, 15) is 13.2 Å². The lowest BCUT2D eigenvalue weighted by Crippen LogP contribution is -2.40. The predicted molar refractivity (Wildman–Crippen MR) is 98.8 cm³/mol. The summed E-state index contributed by atoms with van der Waals surface area (Å²) < 4.78 is 27.1. The van der Waals surface area contributed by atoms with E-state index in [-0.39, 0.29) is 16.2 Å². The van der Waals surface area contributed by atoms with Crippen LogP contribution in [-0.2, 0) is 10.0 Å². The van der Waals surface area contributed by atoms with Crippen LogP contribution in [0.4, 0.5) is 0 Å². The average molecular weight is 368 g/mol. The van der Waals surface area contributed by atoms with Crippen molar-refractivity contribution in [3.05, 3.63) is 29.8 Å². The van der Waals surface area contributed by atoms with E-state index in [0.29, 0.717) is 31.7 Å². The normalized spacial score (nSPS) is 16.6. The molecule has 1 fully saturated rings. The maximum Gasteiger partial charge on any atom is 0.253 e. The molecule has 0 bridgehead atoms. The fourth-order valence-corrected chi connectivity index (χ4v) is 4.61. The van der Waals surface area contributed by atoms with Gasteiger partial charge >= 0.3 is 0 Å². The van der Waals surface area contributed by atoms with Crippen LogP contribution in [0.15, 0.2) is 29.2 Å². The van der Waals surface area contributed by atoms with E-state index < -0.39 is 10.0 Å². The van der Waals surface area contributed by atoms with E-state index >= 15 is 0 Å². The second-order valence-corrected chi connectivity index (χ2v) is 9.46. The van der Waals surface area contributed by atoms with Crippen LogP contribution in [0.5, 0.6) is 0 Å². The standard InChI is InChI=1S/C18H29N3O3S/c1-18(2,13-19)14-20(3)17(22)15-8-7-9-16(12-15)25(23,24)21-10-5-4-6-11-21/h7-9,12H,4-6,10-11,13-14,19H2,1-3H3. The summed E-state index contributed by atoms with van der Waals surface area (Å²) in [5, 5.41) is 0. The molecule has 0 atom stereocenters. The van der Waals surface area contributed by atoms with E-state index in [2.05, 4.69) is 0 Å². The molecule has 2 N–H and O–H groups in total. The number of carbonyl (C=O) groups is 1. The highest BCUT2D eigenvalue weighted by Gasteiger charge is 2.27. The van der Waals surface area contributed by atoms with Crippen LogP contribution in [0.2, 0.25) is 0 Å². The van der Waals surface area contributed by atoms with E-state index in [0.717, 1.165) is 19.3 Å². The van der Waals surface area contributed by atoms with Gasteiger partial charge in [-0.05, 0) is 43.0 Å². The molecule has 1 aliphatic heterocycles. The van der Waals surface area contributed by atoms with Crippen molar-refractivity contribution in [2.24, 2.45) is 11.1 Å². The van der Waals surface area contributed by atoms with E-state index in [1.807, 2.05) is 13.8 Å². The molecule has 1 heterocycles. The van der Waals surface area contributed by atoms with Gasteiger partial charge in [-0.2, -0.15) is 4.31 Å². The van der Waals surface area contributed by atoms with Crippen LogP contribution in [0.1, 0.15) is 43.5 Å². The zero-order chi connectivity index (χ0) is 18.7. The minimum atomic E-state index is -3.54. The fraction of sp³-hybridized carbons (Fsp3) is 0.611. The molecular weight excluding hydrogens is 338 g/mol. The molecular formula is C18H29N3O3S. The first-order valence-corrected chi connectivity index (χ1v) is 10.2. The molecule has 25 heavy (non-hydrogen) atoms. The second-order valence-electron chi connectivity index (χ2n) is 7.52. The fourth-order valence-electron chi connectivity index (χ4n) is 3.04. The summed E-state index contributed by atoms with van der Waals surface area (Å²) >= 11 is 0. The highest BCUT2D eigenvalue weighted by Crippen LogP contribution is 2.22. The number of sulfonamides is 1. The zero-order valence-corrected chi connectivity index (χ0v) is 16.2. The van der Waals surface area contributed by atoms with Gasteiger partial charge < -0.3 is 10.6 Å². The number of hydrogen-bond acceptors (Lipinski definition) is 4. The van der Waals surface area contributed by atoms with Crippen molar-refractivity contribution in [3.63, 3.8) is 0 Å². The Balaban J connectivity index is 2.21. The Hall–Kier alpha value is -1.44. The third-order valence-corrected chi connectivity index (χ3v) is 6.49. The first-order valence-electron chi connectivity index (χ1n) is 8.73. The minimum absolute atomic E-state index is 0.187. The van der Waals surface area contributed by atoms with E-state index in [1.165, 1.54) is 10.4 Å². The van der Waals surface area contributed by atoms with Crippen molar-refractivity contribution in [2.75, 3.05) is 33.2 Å². The summed E-state index contributed by atoms with van der Waals surface area (Å²) in [6.45, 7) is 6.05. The summed E-state index contributed by atoms with van der Waals surface area (Å²) in [6, 6.07) is 6.33. The molecule has 1 saturated heterocycles. The Morgan fingerprint density at radius 1 is 1.24 bits per heavy atom. The van der Waals surface area contributed by atoms with Crippen molar-refractivity contribution in [1.82, 2.24) is 9.21 Å². The van der Waals surface area contributed by atoms with Crippen LogP contribution >= 0.6 is 0 Å². The van der Waals surface area contributed by atoms with Crippen molar-refractivity contribution in [3.8, 4) is 0 Å². The predicted octanol–water partition coefficient (Wildman–Crippen LogP) is 1.92. The molecule has 1 aromatic rings. The number of nitrogens with two attached hydrogens (primary N) is 1. The van der Waals surface area contributed by atoms with E-state index in [4.69, 9.17) is 5.73 Å². The smallest absolute Gasteiger partial charge is 0.253 e. The van der Waals surface area contributed by atoms with Crippen LogP contribution in [0, 0.1) is 5.41 Å². The van der Waals surface area contributed by atoms with Gasteiger partial charge in [0, 0.05) is 32.2 Å². The lowest BCUT2D eigenvalue weighted by molar-refractivity contribution is 0.0740. The molecule has 0 saturated carbocycles. The highest BCUT2D eigenvalue weighted by molar-refractivity contribution is 7.89. The quantitative estimate of drug-likeness (QED) is 0.832. The Bertz CT molecular complexity index is 710. The average Bonchev–Trinajstić information content (AvgIpc) is 2.61. The molecule has 1 aliphatic rings. The van der Waals surface area contributed by atoms with Gasteiger partial charge in [0.1, 0.15) is 0 Å². The Kier molecular flexibility index (Phi) is 6.24. The van der Waals surface area contributed by atoms with Gasteiger partial charge in [0.15, 0.2) is 0 Å². The van der Waals surface area contributed by atoms with Crippen molar-refractivity contribution >= 4 is 15.9 Å². The van der Waals surface area contributed by atoms with E-state index in [1.54, 1.807) is 30.1 Å². The highest BCUT2D eigenvalue weighted by atomic mass is 32.2. The molecule has 0 aliphatic carbocycles. The summed E-state index contributed by atoms with van der Waals surface area (Å²) in [5.74, 6) is -0.197. The third-order valence-electron chi connectivity index (χ3n) is 4.60. The van der Waals surface area contributed by atoms with Crippen molar-refractivity contribution < 1.29 is 13.2 Å². The van der Waals surface area contributed by atoms with Gasteiger partial charge in [-0.25, -0.2) is 8.42 Å². The van der Waals surface area contributed by atoms with Gasteiger partial charge in [-0.1, -0.05) is 26.3 Å². The van der Waals surface area contributed by atoms with Gasteiger partial charge in [-0.15, -0.1) is 0 Å². The minimum Gasteiger partial charge on any atom is -0.341 e. The van der Waals surface area contributed by atoms with Crippen molar-refractivity contribution in [1.29, 1.82) is 0 Å². The summed E-state index contributed by atoms with van der Waals surface area (Å²) in [6.07, 6.45) is 2.83. The lowest BCUT2D eigenvalue weighted by atomic mass is 9.93. The summed E-state index contributed by atoms with van der Waals surface area (Å²) in [5.41, 5.74) is 5.92. The topological polar surface area (TPSA) is 83.7 Å². The molecule has 2 rings (SSSR count). The second kappa shape index (κ2) is 7.85. The number of carbonyl (C=O) groups excluding carboxylic acids is 1. The van der Waals surface area contributed by atoms with Crippen LogP contribution in [0.3, 0.4) is 0 Å². The molecule has 0 unspecified atom stereocenters. The number of benzene rings is 1. The Morgan fingerprint density at radius 3 is 2.48 bits per heavy atom. The summed E-state index contributed by atoms with van der Waals surface area (Å²) in [7, 11) is -1.83. The number of rotatable bonds is 6. The lowest BCUT2D eigenvalue weighted by Gasteiger charge is -2.29. The zero-order valence-electron chi connectivity index (χ0n) is 15.4. The monoisotopic (exact) mass is 367 g/mol. The molecule has 0 spiro atoms. The van der Waals surface area contributed by atoms with Crippen LogP contribution < -0.4 is 5.73 Å². The summed E-state index contributed by atoms with van der Waals surface area (Å²) in [4.78, 5) is 14.5. The Morgan fingerprint density at radius 2 is 1.88 bits per heavy atom. The maximum atomic E-state index is 12.8. The molecule has 6 nitrogen and oxygen atoms in total. The number of hydrogen-bond donors (Lipinski definition) is 1. The van der Waals surface area contributed by atoms with Gasteiger partial charge in [0.05, 0.1) is 4.90 Å². The molecule has 1 aromatic carbocycles. The first kappa shape index (κ1) is 19.9. The largest absolute Gasteiger partial charge is 0.341 e. The third kappa shape index (κ3) is 4.80. The molecule has 1 amide bonds. The molecule has 0 radical (unpaired) electrons. The van der Waals surface area contributed by atoms with Gasteiger partial charge in [0.2, 0.25) is 10.0 Å². The van der Waals surface area contributed by atoms with Crippen LogP contribution in [-0.4, -0.2) is 56.8 Å². The van der Waals surface area contributed by atoms with Gasteiger partial charge in [0.25, 0.3) is 5.91 Å². The SMILES string of the molecule is CN(CC(C)(C)CN)C(=O)c1cccc(S(=O)(=O)N2CCCCC2)c1. The van der Waals surface area contributed by atoms with Crippen LogP contribution in [0.25, 0.3) is 0 Å². The molecule has 7 heteroatoms. The first-order chi connectivity index (χ1) is 11.7. The molecule has 140 valence electrons. The Labute approximate surface area is 151 Å².